The molecule has 1 saturated heterocycles. The fourth-order valence-corrected chi connectivity index (χ4v) is 5.35. The van der Waals surface area contributed by atoms with Gasteiger partial charge in [-0.15, -0.1) is 11.3 Å². The highest BCUT2D eigenvalue weighted by molar-refractivity contribution is 7.20. The Balaban J connectivity index is 1.32. The van der Waals surface area contributed by atoms with Crippen molar-refractivity contribution in [3.05, 3.63) is 75.6 Å². The summed E-state index contributed by atoms with van der Waals surface area (Å²) < 4.78 is 15.1. The molecule has 0 bridgehead atoms. The summed E-state index contributed by atoms with van der Waals surface area (Å²) in [6.45, 7) is 5.07. The number of pyridine rings is 1. The lowest BCUT2D eigenvalue weighted by atomic mass is 10.2. The first-order valence-electron chi connectivity index (χ1n) is 10.4. The number of hydrogen-bond donors (Lipinski definition) is 0. The molecule has 1 aliphatic rings. The van der Waals surface area contributed by atoms with Crippen LogP contribution < -0.4 is 4.90 Å². The minimum Gasteiger partial charge on any atom is -0.352 e. The molecule has 1 fully saturated rings. The third-order valence-corrected chi connectivity index (χ3v) is 7.10. The van der Waals surface area contributed by atoms with E-state index < -0.39 is 0 Å². The molecule has 0 saturated carbocycles. The summed E-state index contributed by atoms with van der Waals surface area (Å²) in [5.74, 6) is 0.537. The molecule has 1 aliphatic heterocycles. The molecule has 9 heteroatoms. The van der Waals surface area contributed by atoms with Crippen LogP contribution in [0.15, 0.2) is 48.7 Å². The molecule has 164 valence electrons. The zero-order valence-electron chi connectivity index (χ0n) is 17.5. The van der Waals surface area contributed by atoms with E-state index in [1.54, 1.807) is 18.3 Å². The number of benzene rings is 1. The molecule has 0 N–H and O–H groups in total. The van der Waals surface area contributed by atoms with Gasteiger partial charge in [0.25, 0.3) is 5.91 Å². The van der Waals surface area contributed by atoms with E-state index in [1.165, 1.54) is 23.5 Å². The second-order valence-corrected chi connectivity index (χ2v) is 9.22. The van der Waals surface area contributed by atoms with Crippen LogP contribution in [0.4, 0.5) is 10.2 Å². The number of anilines is 1. The van der Waals surface area contributed by atoms with Crippen LogP contribution in [0.1, 0.15) is 20.9 Å². The van der Waals surface area contributed by atoms with E-state index in [9.17, 15) is 9.18 Å². The molecule has 3 aromatic heterocycles. The normalized spacial score (nSPS) is 14.3. The SMILES string of the molecule is Cc1nn(Cc2ccc(F)cc2)c2sc(C(=O)N3CCN(c4ncccc4Cl)CC3)cc12. The van der Waals surface area contributed by atoms with Crippen LogP contribution in [-0.2, 0) is 6.54 Å². The first kappa shape index (κ1) is 20.9. The molecule has 4 heterocycles. The number of thiophene rings is 1. The Morgan fingerprint density at radius 1 is 1.16 bits per heavy atom. The number of amides is 1. The Kier molecular flexibility index (Phi) is 5.57. The monoisotopic (exact) mass is 469 g/mol. The van der Waals surface area contributed by atoms with Crippen molar-refractivity contribution in [2.24, 2.45) is 0 Å². The Bertz CT molecular complexity index is 1280. The minimum atomic E-state index is -0.259. The standard InChI is InChI=1S/C23H21ClFN5OS/c1-15-18-13-20(32-23(18)30(27-15)14-16-4-6-17(25)7-5-16)22(31)29-11-9-28(10-12-29)21-19(24)3-2-8-26-21/h2-8,13H,9-12,14H2,1H3. The maximum atomic E-state index is 13.2. The van der Waals surface area contributed by atoms with Gasteiger partial charge in [-0.1, -0.05) is 23.7 Å². The number of halogens is 2. The lowest BCUT2D eigenvalue weighted by Crippen LogP contribution is -2.49. The molecule has 4 aromatic rings. The third kappa shape index (κ3) is 3.96. The van der Waals surface area contributed by atoms with E-state index in [0.717, 1.165) is 27.3 Å². The highest BCUT2D eigenvalue weighted by atomic mass is 35.5. The molecule has 32 heavy (non-hydrogen) atoms. The number of carbonyl (C=O) groups is 1. The summed E-state index contributed by atoms with van der Waals surface area (Å²) in [6, 6.07) is 12.0. The first-order valence-corrected chi connectivity index (χ1v) is 11.5. The summed E-state index contributed by atoms with van der Waals surface area (Å²) in [6.07, 6.45) is 1.73. The second-order valence-electron chi connectivity index (χ2n) is 7.79. The van der Waals surface area contributed by atoms with Gasteiger partial charge in [-0.25, -0.2) is 9.37 Å². The molecule has 0 unspecified atom stereocenters. The number of fused-ring (bicyclic) bond motifs is 1. The van der Waals surface area contributed by atoms with Crippen LogP contribution in [0.5, 0.6) is 0 Å². The van der Waals surface area contributed by atoms with Crippen molar-refractivity contribution >= 4 is 44.9 Å². The highest BCUT2D eigenvalue weighted by Gasteiger charge is 2.26. The zero-order valence-corrected chi connectivity index (χ0v) is 19.0. The average Bonchev–Trinajstić information content (AvgIpc) is 3.36. The largest absolute Gasteiger partial charge is 0.352 e. The maximum Gasteiger partial charge on any atom is 0.264 e. The zero-order chi connectivity index (χ0) is 22.2. The van der Waals surface area contributed by atoms with Gasteiger partial charge in [-0.2, -0.15) is 5.10 Å². The smallest absolute Gasteiger partial charge is 0.264 e. The van der Waals surface area contributed by atoms with Gasteiger partial charge in [0.2, 0.25) is 0 Å². The summed E-state index contributed by atoms with van der Waals surface area (Å²) in [4.78, 5) is 23.2. The van der Waals surface area contributed by atoms with E-state index in [2.05, 4.69) is 15.0 Å². The quantitative estimate of drug-likeness (QED) is 0.438. The van der Waals surface area contributed by atoms with Gasteiger partial charge in [-0.3, -0.25) is 9.48 Å². The Labute approximate surface area is 193 Å². The minimum absolute atomic E-state index is 0.0331. The van der Waals surface area contributed by atoms with Crippen LogP contribution >= 0.6 is 22.9 Å². The number of carbonyl (C=O) groups excluding carboxylic acids is 1. The second kappa shape index (κ2) is 8.52. The third-order valence-electron chi connectivity index (χ3n) is 5.67. The lowest BCUT2D eigenvalue weighted by Gasteiger charge is -2.35. The molecule has 1 aromatic carbocycles. The Morgan fingerprint density at radius 2 is 1.91 bits per heavy atom. The predicted octanol–water partition coefficient (Wildman–Crippen LogP) is 4.60. The van der Waals surface area contributed by atoms with Gasteiger partial charge in [0, 0.05) is 37.8 Å². The molecule has 0 radical (unpaired) electrons. The molecule has 0 atom stereocenters. The van der Waals surface area contributed by atoms with Gasteiger partial charge in [0.15, 0.2) is 0 Å². The van der Waals surface area contributed by atoms with Crippen LogP contribution in [0.3, 0.4) is 0 Å². The van der Waals surface area contributed by atoms with Crippen molar-refractivity contribution in [1.29, 1.82) is 0 Å². The van der Waals surface area contributed by atoms with E-state index in [4.69, 9.17) is 11.6 Å². The van der Waals surface area contributed by atoms with E-state index in [1.807, 2.05) is 34.7 Å². The van der Waals surface area contributed by atoms with Gasteiger partial charge in [0.05, 0.1) is 22.1 Å². The topological polar surface area (TPSA) is 54.3 Å². The van der Waals surface area contributed by atoms with Crippen LogP contribution in [0.2, 0.25) is 5.02 Å². The van der Waals surface area contributed by atoms with Gasteiger partial charge in [-0.05, 0) is 42.8 Å². The Morgan fingerprint density at radius 3 is 2.62 bits per heavy atom. The van der Waals surface area contributed by atoms with E-state index in [0.29, 0.717) is 42.6 Å². The number of aromatic nitrogens is 3. The summed E-state index contributed by atoms with van der Waals surface area (Å²) in [5, 5.41) is 6.22. The summed E-state index contributed by atoms with van der Waals surface area (Å²) in [7, 11) is 0. The number of nitrogens with zero attached hydrogens (tertiary/aromatic N) is 5. The lowest BCUT2D eigenvalue weighted by molar-refractivity contribution is 0.0751. The summed E-state index contributed by atoms with van der Waals surface area (Å²) >= 11 is 7.73. The number of piperazine rings is 1. The molecular weight excluding hydrogens is 449 g/mol. The molecule has 5 rings (SSSR count). The van der Waals surface area contributed by atoms with Crippen molar-refractivity contribution in [1.82, 2.24) is 19.7 Å². The van der Waals surface area contributed by atoms with Crippen molar-refractivity contribution in [2.45, 2.75) is 13.5 Å². The molecule has 1 amide bonds. The van der Waals surface area contributed by atoms with Crippen molar-refractivity contribution < 1.29 is 9.18 Å². The molecule has 6 nitrogen and oxygen atoms in total. The number of rotatable bonds is 4. The molecular formula is C23H21ClFN5OS. The van der Waals surface area contributed by atoms with Gasteiger partial charge >= 0.3 is 0 Å². The predicted molar refractivity (Wildman–Crippen MR) is 125 cm³/mol. The van der Waals surface area contributed by atoms with E-state index >= 15 is 0 Å². The molecule has 0 spiro atoms. The number of hydrogen-bond acceptors (Lipinski definition) is 5. The van der Waals surface area contributed by atoms with Crippen LogP contribution in [0, 0.1) is 12.7 Å². The van der Waals surface area contributed by atoms with Crippen molar-refractivity contribution in [3.8, 4) is 0 Å². The molecule has 0 aliphatic carbocycles. The average molecular weight is 470 g/mol. The van der Waals surface area contributed by atoms with E-state index in [-0.39, 0.29) is 11.7 Å². The van der Waals surface area contributed by atoms with Crippen molar-refractivity contribution in [2.75, 3.05) is 31.1 Å². The summed E-state index contributed by atoms with van der Waals surface area (Å²) in [5.41, 5.74) is 1.84. The van der Waals surface area contributed by atoms with Gasteiger partial charge in [0.1, 0.15) is 16.5 Å². The van der Waals surface area contributed by atoms with Gasteiger partial charge < -0.3 is 9.80 Å². The highest BCUT2D eigenvalue weighted by Crippen LogP contribution is 2.30. The number of aryl methyl sites for hydroxylation is 1. The fraction of sp³-hybridized carbons (Fsp3) is 0.261. The fourth-order valence-electron chi connectivity index (χ4n) is 3.98. The Hall–Kier alpha value is -2.97. The van der Waals surface area contributed by atoms with Crippen LogP contribution in [-0.4, -0.2) is 51.8 Å². The maximum absolute atomic E-state index is 13.2. The first-order chi connectivity index (χ1) is 15.5. The van der Waals surface area contributed by atoms with Crippen molar-refractivity contribution in [3.63, 3.8) is 0 Å². The van der Waals surface area contributed by atoms with Crippen LogP contribution in [0.25, 0.3) is 10.2 Å².